The Morgan fingerprint density at radius 3 is 1.59 bits per heavy atom. The molecule has 0 atom stereocenters. The molecule has 0 spiro atoms. The molecule has 8 aromatic rings. The van der Waals surface area contributed by atoms with Gasteiger partial charge in [0.25, 0.3) is 0 Å². The van der Waals surface area contributed by atoms with E-state index in [2.05, 4.69) is 244 Å². The van der Waals surface area contributed by atoms with Crippen molar-refractivity contribution >= 4 is 22.6 Å². The first-order chi connectivity index (χ1) is 29.9. The van der Waals surface area contributed by atoms with Gasteiger partial charge in [-0.15, -0.1) is 0 Å². The zero-order valence-electron chi connectivity index (χ0n) is 35.6. The average Bonchev–Trinajstić information content (AvgIpc) is 3.68. The number of fused-ring (bicyclic) bond motifs is 3. The fourth-order valence-electron chi connectivity index (χ4n) is 8.62. The van der Waals surface area contributed by atoms with Crippen LogP contribution in [0, 0.1) is 0 Å². The van der Waals surface area contributed by atoms with E-state index in [1.54, 1.807) is 0 Å². The Labute approximate surface area is 363 Å². The summed E-state index contributed by atoms with van der Waals surface area (Å²) < 4.78 is 0. The molecule has 10 rings (SSSR count). The minimum atomic E-state index is 0.132. The lowest BCUT2D eigenvalue weighted by atomic mass is 9.85. The van der Waals surface area contributed by atoms with Crippen molar-refractivity contribution in [3.8, 4) is 33.4 Å². The third-order valence-corrected chi connectivity index (χ3v) is 12.0. The van der Waals surface area contributed by atoms with Crippen LogP contribution in [0.5, 0.6) is 0 Å². The zero-order valence-corrected chi connectivity index (χ0v) is 35.6. The molecule has 0 N–H and O–H groups in total. The first kappa shape index (κ1) is 39.5. The van der Waals surface area contributed by atoms with Crippen LogP contribution in [0.1, 0.15) is 67.0 Å². The number of hydrogen-bond acceptors (Lipinski definition) is 1. The SMILES string of the molecule is CC(C)(C)c1ccc2c(c1)Cc1cc(N(c3ccc(-c4ccccc4)cc3)c3cccc(-c4ccc(C5=CCCC=C5)cc4)c3)ccc1-2.c1ccc(Cc2ccccc2)cc1. The Morgan fingerprint density at radius 1 is 0.426 bits per heavy atom. The molecule has 0 heterocycles. The summed E-state index contributed by atoms with van der Waals surface area (Å²) in [6.45, 7) is 6.89. The van der Waals surface area contributed by atoms with Gasteiger partial charge < -0.3 is 4.90 Å². The summed E-state index contributed by atoms with van der Waals surface area (Å²) in [4.78, 5) is 2.41. The highest BCUT2D eigenvalue weighted by atomic mass is 15.1. The lowest BCUT2D eigenvalue weighted by Gasteiger charge is -2.27. The van der Waals surface area contributed by atoms with E-state index < -0.39 is 0 Å². The summed E-state index contributed by atoms with van der Waals surface area (Å²) in [6, 6.07) is 72.8. The second-order valence-electron chi connectivity index (χ2n) is 17.3. The van der Waals surface area contributed by atoms with Crippen molar-refractivity contribution < 1.29 is 0 Å². The predicted octanol–water partition coefficient (Wildman–Crippen LogP) is 16.4. The number of rotatable bonds is 8. The molecule has 0 radical (unpaired) electrons. The molecule has 0 fully saturated rings. The minimum absolute atomic E-state index is 0.132. The molecular weight excluding hydrogens is 735 g/mol. The van der Waals surface area contributed by atoms with E-state index in [1.165, 1.54) is 78.0 Å². The number of hydrogen-bond donors (Lipinski definition) is 0. The van der Waals surface area contributed by atoms with Gasteiger partial charge in [0.2, 0.25) is 0 Å². The van der Waals surface area contributed by atoms with Gasteiger partial charge in [-0.2, -0.15) is 0 Å². The smallest absolute Gasteiger partial charge is 0.0467 e. The summed E-state index contributed by atoms with van der Waals surface area (Å²) in [5.41, 5.74) is 20.7. The molecular formula is C60H53N. The number of allylic oxidation sites excluding steroid dienone is 4. The van der Waals surface area contributed by atoms with Crippen LogP contribution in [0.4, 0.5) is 17.1 Å². The van der Waals surface area contributed by atoms with Crippen LogP contribution in [-0.4, -0.2) is 0 Å². The van der Waals surface area contributed by atoms with E-state index in [1.807, 2.05) is 0 Å². The highest BCUT2D eigenvalue weighted by Gasteiger charge is 2.24. The fourth-order valence-corrected chi connectivity index (χ4v) is 8.62. The molecule has 8 aromatic carbocycles. The van der Waals surface area contributed by atoms with Crippen molar-refractivity contribution in [3.63, 3.8) is 0 Å². The molecule has 1 nitrogen and oxygen atoms in total. The third-order valence-electron chi connectivity index (χ3n) is 12.0. The summed E-state index contributed by atoms with van der Waals surface area (Å²) in [6.07, 6.45) is 11.1. The summed E-state index contributed by atoms with van der Waals surface area (Å²) in [5.74, 6) is 0. The van der Waals surface area contributed by atoms with Gasteiger partial charge in [0.05, 0.1) is 0 Å². The van der Waals surface area contributed by atoms with Crippen LogP contribution in [0.3, 0.4) is 0 Å². The van der Waals surface area contributed by atoms with Crippen molar-refractivity contribution in [2.75, 3.05) is 4.90 Å². The molecule has 1 heteroatoms. The quantitative estimate of drug-likeness (QED) is 0.148. The standard InChI is InChI=1S/C47H41N.C13H12/c1-47(2,3)41-23-27-45-39(30-41)29-40-32-44(26-28-46(40)45)48(42-24-21-36(22-25-42)34-13-8-5-9-14-34)43-16-10-15-38(31-43)37-19-17-35(18-20-37)33-11-6-4-7-12-33;1-3-7-12(8-4-1)11-13-9-5-2-6-10-13/h5-6,8-28,30-32H,4,7,29H2,1-3H3;1-10H,11H2. The van der Waals surface area contributed by atoms with E-state index in [4.69, 9.17) is 0 Å². The molecule has 298 valence electrons. The van der Waals surface area contributed by atoms with Crippen molar-refractivity contribution in [2.45, 2.75) is 51.9 Å². The van der Waals surface area contributed by atoms with Gasteiger partial charge in [0.1, 0.15) is 0 Å². The minimum Gasteiger partial charge on any atom is -0.310 e. The maximum Gasteiger partial charge on any atom is 0.0467 e. The van der Waals surface area contributed by atoms with Gasteiger partial charge >= 0.3 is 0 Å². The topological polar surface area (TPSA) is 3.24 Å². The van der Waals surface area contributed by atoms with Gasteiger partial charge in [-0.3, -0.25) is 0 Å². The van der Waals surface area contributed by atoms with E-state index in [9.17, 15) is 0 Å². The molecule has 0 aliphatic heterocycles. The molecule has 2 aliphatic carbocycles. The molecule has 0 saturated heterocycles. The van der Waals surface area contributed by atoms with E-state index >= 15 is 0 Å². The Bertz CT molecular complexity index is 2750. The summed E-state index contributed by atoms with van der Waals surface area (Å²) >= 11 is 0. The van der Waals surface area contributed by atoms with Gasteiger partial charge in [0, 0.05) is 17.1 Å². The third kappa shape index (κ3) is 9.13. The van der Waals surface area contributed by atoms with Crippen molar-refractivity contribution in [2.24, 2.45) is 0 Å². The number of anilines is 3. The highest BCUT2D eigenvalue weighted by molar-refractivity contribution is 5.85. The van der Waals surface area contributed by atoms with Crippen LogP contribution in [0.25, 0.3) is 39.0 Å². The van der Waals surface area contributed by atoms with Crippen molar-refractivity contribution in [1.29, 1.82) is 0 Å². The summed E-state index contributed by atoms with van der Waals surface area (Å²) in [5, 5.41) is 0. The molecule has 0 unspecified atom stereocenters. The van der Waals surface area contributed by atoms with E-state index in [0.717, 1.165) is 37.1 Å². The second-order valence-corrected chi connectivity index (χ2v) is 17.3. The molecule has 0 aromatic heterocycles. The molecule has 2 aliphatic rings. The average molecular weight is 788 g/mol. The monoisotopic (exact) mass is 787 g/mol. The Morgan fingerprint density at radius 2 is 0.951 bits per heavy atom. The molecule has 61 heavy (non-hydrogen) atoms. The van der Waals surface area contributed by atoms with Gasteiger partial charge in [-0.25, -0.2) is 0 Å². The Balaban J connectivity index is 0.000000312. The maximum atomic E-state index is 2.42. The van der Waals surface area contributed by atoms with Gasteiger partial charge in [0.15, 0.2) is 0 Å². The Hall–Kier alpha value is -6.96. The first-order valence-corrected chi connectivity index (χ1v) is 21.7. The largest absolute Gasteiger partial charge is 0.310 e. The van der Waals surface area contributed by atoms with Crippen LogP contribution in [-0.2, 0) is 18.3 Å². The normalized spacial score (nSPS) is 12.7. The van der Waals surface area contributed by atoms with E-state index in [0.29, 0.717) is 0 Å². The lowest BCUT2D eigenvalue weighted by molar-refractivity contribution is 0.590. The lowest BCUT2D eigenvalue weighted by Crippen LogP contribution is -2.11. The van der Waals surface area contributed by atoms with Crippen molar-refractivity contribution in [1.82, 2.24) is 0 Å². The zero-order chi connectivity index (χ0) is 41.6. The van der Waals surface area contributed by atoms with Crippen LogP contribution in [0.2, 0.25) is 0 Å². The van der Waals surface area contributed by atoms with Gasteiger partial charge in [-0.1, -0.05) is 203 Å². The van der Waals surface area contributed by atoms with E-state index in [-0.39, 0.29) is 5.41 Å². The molecule has 0 amide bonds. The first-order valence-electron chi connectivity index (χ1n) is 21.7. The summed E-state index contributed by atoms with van der Waals surface area (Å²) in [7, 11) is 0. The fraction of sp³-hybridized carbons (Fsp3) is 0.133. The highest BCUT2D eigenvalue weighted by Crippen LogP contribution is 2.44. The molecule has 0 saturated carbocycles. The van der Waals surface area contributed by atoms with Crippen LogP contribution < -0.4 is 4.90 Å². The van der Waals surface area contributed by atoms with Crippen LogP contribution in [0.15, 0.2) is 218 Å². The molecule has 0 bridgehead atoms. The van der Waals surface area contributed by atoms with Crippen LogP contribution >= 0.6 is 0 Å². The predicted molar refractivity (Wildman–Crippen MR) is 261 cm³/mol. The van der Waals surface area contributed by atoms with Gasteiger partial charge in [-0.05, 0) is 140 Å². The number of nitrogens with zero attached hydrogens (tertiary/aromatic N) is 1. The Kier molecular flexibility index (Phi) is 11.5. The number of benzene rings is 8. The maximum absolute atomic E-state index is 2.42. The van der Waals surface area contributed by atoms with Crippen molar-refractivity contribution in [3.05, 3.63) is 252 Å². The second kappa shape index (κ2) is 17.7.